The highest BCUT2D eigenvalue weighted by atomic mass is 32.2. The minimum absolute atomic E-state index is 0.227. The summed E-state index contributed by atoms with van der Waals surface area (Å²) in [5.74, 6) is 0.797. The van der Waals surface area contributed by atoms with Crippen LogP contribution in [-0.2, 0) is 10.5 Å². The first-order chi connectivity index (χ1) is 15.5. The number of rotatable bonds is 5. The minimum atomic E-state index is -0.555. The number of ether oxygens (including phenoxy) is 1. The number of nitrogens with zero attached hydrogens (tertiary/aromatic N) is 1. The van der Waals surface area contributed by atoms with Crippen molar-refractivity contribution in [3.63, 3.8) is 0 Å². The molecule has 9 heteroatoms. The second-order valence-corrected chi connectivity index (χ2v) is 9.44. The summed E-state index contributed by atoms with van der Waals surface area (Å²) in [4.78, 5) is 29.5. The first kappa shape index (κ1) is 20.6. The van der Waals surface area contributed by atoms with Crippen molar-refractivity contribution in [1.82, 2.24) is 4.98 Å². The van der Waals surface area contributed by atoms with E-state index in [1.54, 1.807) is 48.2 Å². The van der Waals surface area contributed by atoms with Crippen LogP contribution in [-0.4, -0.2) is 22.9 Å². The van der Waals surface area contributed by atoms with Gasteiger partial charge in [-0.2, -0.15) is 0 Å². The molecule has 2 N–H and O–H groups in total. The van der Waals surface area contributed by atoms with E-state index in [-0.39, 0.29) is 17.6 Å². The van der Waals surface area contributed by atoms with E-state index in [1.807, 2.05) is 36.6 Å². The number of benzene rings is 2. The van der Waals surface area contributed by atoms with Crippen molar-refractivity contribution in [2.24, 2.45) is 0 Å². The van der Waals surface area contributed by atoms with Gasteiger partial charge in [0.15, 0.2) is 11.9 Å². The first-order valence-corrected chi connectivity index (χ1v) is 11.8. The summed E-state index contributed by atoms with van der Waals surface area (Å²) < 4.78 is 12.4. The van der Waals surface area contributed by atoms with Crippen LogP contribution in [0.25, 0.3) is 11.0 Å². The molecule has 0 aliphatic carbocycles. The van der Waals surface area contributed by atoms with Crippen molar-refractivity contribution >= 4 is 57.3 Å². The zero-order valence-electron chi connectivity index (χ0n) is 17.3. The Morgan fingerprint density at radius 1 is 1.28 bits per heavy atom. The largest absolute Gasteiger partial charge is 0.479 e. The highest BCUT2D eigenvalue weighted by molar-refractivity contribution is 8.00. The number of aryl methyl sites for hydroxylation is 1. The normalized spacial score (nSPS) is 15.2. The van der Waals surface area contributed by atoms with Gasteiger partial charge in [0.05, 0.1) is 5.69 Å². The number of thiazole rings is 1. The number of thioether (sulfide) groups is 1. The van der Waals surface area contributed by atoms with Gasteiger partial charge in [-0.3, -0.25) is 9.59 Å². The molecule has 2 aromatic heterocycles. The predicted octanol–water partition coefficient (Wildman–Crippen LogP) is 5.46. The van der Waals surface area contributed by atoms with Gasteiger partial charge in [0, 0.05) is 33.5 Å². The lowest BCUT2D eigenvalue weighted by Crippen LogP contribution is -2.34. The molecule has 4 aromatic rings. The van der Waals surface area contributed by atoms with E-state index >= 15 is 0 Å². The number of aromatic nitrogens is 1. The lowest BCUT2D eigenvalue weighted by atomic mass is 10.1. The maximum absolute atomic E-state index is 13.2. The van der Waals surface area contributed by atoms with Gasteiger partial charge in [0.2, 0.25) is 0 Å². The Kier molecular flexibility index (Phi) is 5.36. The number of carbonyl (C=O) groups excluding carboxylic acids is 2. The Balaban J connectivity index is 1.42. The molecule has 7 nitrogen and oxygen atoms in total. The fraction of sp³-hybridized carbons (Fsp3) is 0.174. The molecule has 1 aliphatic rings. The molecular formula is C23H19N3O4S2. The summed E-state index contributed by atoms with van der Waals surface area (Å²) in [6, 6.07) is 12.7. The van der Waals surface area contributed by atoms with Gasteiger partial charge in [0.25, 0.3) is 11.8 Å². The summed E-state index contributed by atoms with van der Waals surface area (Å²) in [5.41, 5.74) is 3.50. The molecular weight excluding hydrogens is 446 g/mol. The number of carbonyl (C=O) groups is 2. The highest BCUT2D eigenvalue weighted by Gasteiger charge is 2.25. The number of hydrogen-bond donors (Lipinski definition) is 2. The molecule has 0 saturated carbocycles. The molecule has 0 radical (unpaired) electrons. The van der Waals surface area contributed by atoms with Crippen LogP contribution in [0.4, 0.5) is 11.4 Å². The second-order valence-electron chi connectivity index (χ2n) is 7.36. The summed E-state index contributed by atoms with van der Waals surface area (Å²) in [6.45, 7) is 3.64. The van der Waals surface area contributed by atoms with Crippen LogP contribution in [0.2, 0.25) is 0 Å². The number of fused-ring (bicyclic) bond motifs is 2. The Labute approximate surface area is 192 Å². The molecule has 32 heavy (non-hydrogen) atoms. The maximum atomic E-state index is 13.2. The summed E-state index contributed by atoms with van der Waals surface area (Å²) >= 11 is 3.16. The topological polar surface area (TPSA) is 93.5 Å². The molecule has 0 spiro atoms. The van der Waals surface area contributed by atoms with Crippen LogP contribution >= 0.6 is 23.1 Å². The van der Waals surface area contributed by atoms with Crippen LogP contribution in [0.5, 0.6) is 5.75 Å². The van der Waals surface area contributed by atoms with E-state index in [0.29, 0.717) is 28.5 Å². The number of nitrogens with one attached hydrogen (secondary N) is 2. The Hall–Kier alpha value is -3.30. The lowest BCUT2D eigenvalue weighted by molar-refractivity contribution is -0.122. The molecule has 162 valence electrons. The van der Waals surface area contributed by atoms with Gasteiger partial charge >= 0.3 is 0 Å². The van der Waals surface area contributed by atoms with Gasteiger partial charge in [-0.05, 0) is 38.1 Å². The summed E-state index contributed by atoms with van der Waals surface area (Å²) in [6.07, 6.45) is -0.555. The van der Waals surface area contributed by atoms with Crippen LogP contribution in [0.1, 0.15) is 28.7 Å². The van der Waals surface area contributed by atoms with Crippen molar-refractivity contribution in [3.05, 3.63) is 64.9 Å². The monoisotopic (exact) mass is 465 g/mol. The fourth-order valence-corrected chi connectivity index (χ4v) is 5.31. The van der Waals surface area contributed by atoms with Gasteiger partial charge in [-0.1, -0.05) is 30.0 Å². The van der Waals surface area contributed by atoms with E-state index in [9.17, 15) is 9.59 Å². The van der Waals surface area contributed by atoms with Gasteiger partial charge in [-0.15, -0.1) is 11.3 Å². The number of furan rings is 1. The number of para-hydroxylation sites is 1. The quantitative estimate of drug-likeness (QED) is 0.380. The van der Waals surface area contributed by atoms with Crippen molar-refractivity contribution in [1.29, 1.82) is 0 Å². The number of hydrogen-bond acceptors (Lipinski definition) is 7. The molecule has 0 bridgehead atoms. The molecule has 1 atom stereocenters. The Morgan fingerprint density at radius 2 is 2.12 bits per heavy atom. The molecule has 1 aliphatic heterocycles. The maximum Gasteiger partial charge on any atom is 0.291 e. The third-order valence-corrected chi connectivity index (χ3v) is 7.18. The molecule has 2 amide bonds. The standard InChI is InChI=1S/C23H19N3O4S2/c1-12-10-31-23(24-12)32-11-16-15-5-3-4-6-18(15)30-20(16)22(28)25-14-7-8-19-17(9-14)26-21(27)13(2)29-19/h3-10,13H,11H2,1-2H3,(H,25,28)(H,26,27). The summed E-state index contributed by atoms with van der Waals surface area (Å²) in [7, 11) is 0. The Bertz CT molecular complexity index is 1340. The smallest absolute Gasteiger partial charge is 0.291 e. The molecule has 2 aromatic carbocycles. The zero-order valence-corrected chi connectivity index (χ0v) is 18.9. The molecule has 3 heterocycles. The highest BCUT2D eigenvalue weighted by Crippen LogP contribution is 2.35. The third kappa shape index (κ3) is 3.96. The van der Waals surface area contributed by atoms with E-state index in [1.165, 1.54) is 0 Å². The first-order valence-electron chi connectivity index (χ1n) is 9.96. The van der Waals surface area contributed by atoms with Crippen LogP contribution in [0.3, 0.4) is 0 Å². The lowest BCUT2D eigenvalue weighted by Gasteiger charge is -2.23. The average Bonchev–Trinajstić information content (AvgIpc) is 3.36. The molecule has 0 fully saturated rings. The fourth-order valence-electron chi connectivity index (χ4n) is 3.43. The van der Waals surface area contributed by atoms with E-state index < -0.39 is 6.10 Å². The molecule has 1 unspecified atom stereocenters. The van der Waals surface area contributed by atoms with Gasteiger partial charge in [0.1, 0.15) is 15.7 Å². The van der Waals surface area contributed by atoms with Crippen molar-refractivity contribution in [3.8, 4) is 5.75 Å². The van der Waals surface area contributed by atoms with E-state index in [4.69, 9.17) is 9.15 Å². The van der Waals surface area contributed by atoms with Crippen LogP contribution < -0.4 is 15.4 Å². The van der Waals surface area contributed by atoms with Crippen LogP contribution in [0, 0.1) is 6.92 Å². The molecule has 5 rings (SSSR count). The minimum Gasteiger partial charge on any atom is -0.479 e. The van der Waals surface area contributed by atoms with Crippen LogP contribution in [0.15, 0.2) is 56.6 Å². The summed E-state index contributed by atoms with van der Waals surface area (Å²) in [5, 5.41) is 8.57. The number of anilines is 2. The van der Waals surface area contributed by atoms with E-state index in [2.05, 4.69) is 15.6 Å². The SMILES string of the molecule is Cc1csc(SCc2c(C(=O)Nc3ccc4c(c3)NC(=O)C(C)O4)oc3ccccc23)n1. The van der Waals surface area contributed by atoms with E-state index in [0.717, 1.165) is 21.0 Å². The third-order valence-electron chi connectivity index (χ3n) is 5.01. The predicted molar refractivity (Wildman–Crippen MR) is 126 cm³/mol. The van der Waals surface area contributed by atoms with Gasteiger partial charge in [-0.25, -0.2) is 4.98 Å². The Morgan fingerprint density at radius 3 is 2.94 bits per heavy atom. The average molecular weight is 466 g/mol. The van der Waals surface area contributed by atoms with Crippen molar-refractivity contribution in [2.75, 3.05) is 10.6 Å². The zero-order chi connectivity index (χ0) is 22.2. The molecule has 0 saturated heterocycles. The number of amides is 2. The van der Waals surface area contributed by atoms with Crippen molar-refractivity contribution < 1.29 is 18.7 Å². The second kappa shape index (κ2) is 8.33. The van der Waals surface area contributed by atoms with Crippen molar-refractivity contribution in [2.45, 2.75) is 30.0 Å². The van der Waals surface area contributed by atoms with Gasteiger partial charge < -0.3 is 19.8 Å².